The van der Waals surface area contributed by atoms with Gasteiger partial charge in [0.25, 0.3) is 0 Å². The molecule has 13 nitrogen and oxygen atoms in total. The summed E-state index contributed by atoms with van der Waals surface area (Å²) < 4.78 is 36.0. The molecule has 2 aliphatic heterocycles. The van der Waals surface area contributed by atoms with Crippen LogP contribution in [0.25, 0.3) is 6.08 Å². The lowest BCUT2D eigenvalue weighted by Crippen LogP contribution is -2.34. The first kappa shape index (κ1) is 35.9. The van der Waals surface area contributed by atoms with E-state index in [4.69, 9.17) is 44.1 Å². The number of carbonyl (C=O) groups is 3. The van der Waals surface area contributed by atoms with Crippen molar-refractivity contribution in [2.75, 3.05) is 27.1 Å². The summed E-state index contributed by atoms with van der Waals surface area (Å²) in [4.78, 5) is 42.8. The Bertz CT molecular complexity index is 1490. The van der Waals surface area contributed by atoms with Gasteiger partial charge in [-0.15, -0.1) is 0 Å². The Kier molecular flexibility index (Phi) is 12.1. The smallest absolute Gasteiger partial charge is 0.342 e. The van der Waals surface area contributed by atoms with Crippen LogP contribution in [0, 0.1) is 5.92 Å². The molecular weight excluding hydrogens is 608 g/mol. The van der Waals surface area contributed by atoms with Gasteiger partial charge in [-0.25, -0.2) is 9.78 Å². The van der Waals surface area contributed by atoms with Crippen LogP contribution in [0.5, 0.6) is 11.5 Å². The molecule has 47 heavy (non-hydrogen) atoms. The van der Waals surface area contributed by atoms with Gasteiger partial charge in [0.1, 0.15) is 47.8 Å². The number of ether oxygens (including phenoxy) is 6. The van der Waals surface area contributed by atoms with Crippen LogP contribution in [0.2, 0.25) is 0 Å². The summed E-state index contributed by atoms with van der Waals surface area (Å²) in [6.07, 6.45) is 7.48. The topological polar surface area (TPSA) is 148 Å². The summed E-state index contributed by atoms with van der Waals surface area (Å²) in [5.74, 6) is -2.58. The summed E-state index contributed by atoms with van der Waals surface area (Å²) in [6.45, 7) is 6.98. The van der Waals surface area contributed by atoms with Crippen molar-refractivity contribution < 1.29 is 47.9 Å². The van der Waals surface area contributed by atoms with Gasteiger partial charge in [0.15, 0.2) is 24.2 Å². The number of methoxy groups -OCH3 is 1. The second kappa shape index (κ2) is 15.8. The third-order valence-electron chi connectivity index (χ3n) is 7.74. The van der Waals surface area contributed by atoms with Crippen LogP contribution in [0.4, 0.5) is 9.59 Å². The molecule has 1 amide bonds. The molecule has 0 spiro atoms. The van der Waals surface area contributed by atoms with E-state index in [0.29, 0.717) is 17.7 Å². The second-order valence-electron chi connectivity index (χ2n) is 11.7. The average molecular weight is 647 g/mol. The van der Waals surface area contributed by atoms with Crippen LogP contribution in [0.1, 0.15) is 55.9 Å². The number of hydrogen-bond acceptors (Lipinski definition) is 11. The van der Waals surface area contributed by atoms with Crippen LogP contribution in [-0.4, -0.2) is 110 Å². The van der Waals surface area contributed by atoms with Gasteiger partial charge >= 0.3 is 5.97 Å². The molecule has 248 valence electrons. The van der Waals surface area contributed by atoms with Crippen molar-refractivity contribution in [1.29, 1.82) is 0 Å². The average Bonchev–Trinajstić information content (AvgIpc) is 3.60. The van der Waals surface area contributed by atoms with E-state index in [1.165, 1.54) is 30.5 Å². The standard InChI is InChI=1S/C32H39B2N3O10/c1-19-9-10-23(38)28-24(46-32(3,4)47-28)8-6-7-21-15-22(16-25(44-18-42-5)27(21)29(39)45-20(19)2)43-14-13-36(30(33)40)17-26-35-11-12-37(26)31(34)41/h6-7,9-12,15-16,19-20,23-24,28,38H,8,13-14,17-18H2,1-5H3/b7-6?,10-9-/t19-,20+,23?,24+,28?/m1/s1. The predicted octanol–water partition coefficient (Wildman–Crippen LogP) is 3.21. The van der Waals surface area contributed by atoms with Gasteiger partial charge in [-0.3, -0.25) is 14.2 Å². The summed E-state index contributed by atoms with van der Waals surface area (Å²) in [7, 11) is 12.4. The van der Waals surface area contributed by atoms with Crippen LogP contribution >= 0.6 is 0 Å². The Morgan fingerprint density at radius 3 is 2.64 bits per heavy atom. The Labute approximate surface area is 276 Å². The number of hydrogen-bond donors (Lipinski definition) is 1. The van der Waals surface area contributed by atoms with E-state index in [1.807, 2.05) is 13.0 Å². The Morgan fingerprint density at radius 1 is 1.17 bits per heavy atom. The molecule has 4 rings (SSSR count). The molecule has 2 unspecified atom stereocenters. The molecule has 0 bridgehead atoms. The predicted molar refractivity (Wildman–Crippen MR) is 171 cm³/mol. The van der Waals surface area contributed by atoms with E-state index in [9.17, 15) is 19.5 Å². The molecule has 2 aliphatic rings. The van der Waals surface area contributed by atoms with E-state index in [2.05, 4.69) is 4.98 Å². The number of esters is 1. The zero-order chi connectivity index (χ0) is 34.3. The van der Waals surface area contributed by atoms with E-state index in [0.717, 1.165) is 4.57 Å². The zero-order valence-corrected chi connectivity index (χ0v) is 27.2. The Balaban J connectivity index is 1.64. The molecular formula is C32H39B2N3O10. The molecule has 1 aromatic carbocycles. The van der Waals surface area contributed by atoms with Crippen molar-refractivity contribution >= 4 is 39.4 Å². The maximum Gasteiger partial charge on any atom is 0.342 e. The minimum atomic E-state index is -0.944. The third kappa shape index (κ3) is 9.34. The van der Waals surface area contributed by atoms with E-state index in [1.54, 1.807) is 45.1 Å². The lowest BCUT2D eigenvalue weighted by molar-refractivity contribution is -0.152. The lowest BCUT2D eigenvalue weighted by atomic mass is 9.99. The fourth-order valence-corrected chi connectivity index (χ4v) is 5.20. The van der Waals surface area contributed by atoms with Crippen LogP contribution < -0.4 is 9.47 Å². The van der Waals surface area contributed by atoms with Gasteiger partial charge in [-0.05, 0) is 38.8 Å². The number of cyclic esters (lactones) is 1. The van der Waals surface area contributed by atoms with Crippen LogP contribution in [0.15, 0.2) is 42.8 Å². The minimum Gasteiger partial charge on any atom is -0.492 e. The highest BCUT2D eigenvalue weighted by Gasteiger charge is 2.43. The molecule has 5 atom stereocenters. The number of aliphatic hydroxyl groups excluding tert-OH is 1. The summed E-state index contributed by atoms with van der Waals surface area (Å²) >= 11 is 0. The summed E-state index contributed by atoms with van der Waals surface area (Å²) in [6, 6.07) is 3.17. The molecule has 15 heteroatoms. The van der Waals surface area contributed by atoms with Gasteiger partial charge in [0.05, 0.1) is 19.2 Å². The largest absolute Gasteiger partial charge is 0.492 e. The van der Waals surface area contributed by atoms with Gasteiger partial charge in [-0.2, -0.15) is 0 Å². The van der Waals surface area contributed by atoms with E-state index >= 15 is 0 Å². The van der Waals surface area contributed by atoms with E-state index < -0.39 is 47.8 Å². The van der Waals surface area contributed by atoms with Crippen LogP contribution in [0.3, 0.4) is 0 Å². The quantitative estimate of drug-likeness (QED) is 0.185. The summed E-state index contributed by atoms with van der Waals surface area (Å²) in [5.41, 5.74) is 0.583. The lowest BCUT2D eigenvalue weighted by Gasteiger charge is -2.23. The molecule has 2 aromatic rings. The van der Waals surface area contributed by atoms with Gasteiger partial charge < -0.3 is 38.4 Å². The van der Waals surface area contributed by atoms with Crippen molar-refractivity contribution in [2.45, 2.75) is 70.9 Å². The number of aliphatic hydroxyl groups is 1. The number of imidazole rings is 1. The third-order valence-corrected chi connectivity index (χ3v) is 7.74. The highest BCUT2D eigenvalue weighted by Crippen LogP contribution is 2.35. The van der Waals surface area contributed by atoms with Crippen molar-refractivity contribution in [3.8, 4) is 11.5 Å². The maximum atomic E-state index is 13.6. The molecule has 1 fully saturated rings. The molecule has 1 aromatic heterocycles. The van der Waals surface area contributed by atoms with E-state index in [-0.39, 0.29) is 49.5 Å². The van der Waals surface area contributed by atoms with Crippen molar-refractivity contribution in [1.82, 2.24) is 14.5 Å². The monoisotopic (exact) mass is 647 g/mol. The minimum absolute atomic E-state index is 0.0142. The molecule has 0 aliphatic carbocycles. The van der Waals surface area contributed by atoms with Crippen molar-refractivity contribution in [3.05, 3.63) is 59.7 Å². The number of amides is 1. The highest BCUT2D eigenvalue weighted by molar-refractivity contribution is 6.57. The van der Waals surface area contributed by atoms with Gasteiger partial charge in [0, 0.05) is 31.5 Å². The Hall–Kier alpha value is -3.91. The number of nitrogens with zero attached hydrogens (tertiary/aromatic N) is 3. The second-order valence-corrected chi connectivity index (χ2v) is 11.7. The number of benzene rings is 1. The van der Waals surface area contributed by atoms with Crippen molar-refractivity contribution in [3.63, 3.8) is 0 Å². The fraction of sp³-hybridized carbons (Fsp3) is 0.500. The highest BCUT2D eigenvalue weighted by atomic mass is 16.8. The van der Waals surface area contributed by atoms with Gasteiger partial charge in [0.2, 0.25) is 15.7 Å². The first-order valence-corrected chi connectivity index (χ1v) is 15.2. The molecule has 1 N–H and O–H groups in total. The SMILES string of the molecule is [B]C(=O)N(CCOc1cc2c(c(OCOC)c1)C(=O)O[C@@H](C)[C@H](C)/C=C\C(O)C1OC(C)(C)O[C@H]1CC=C2)Cc1nccn1C([B])=O. The molecule has 1 saturated heterocycles. The number of rotatable bonds is 9. The number of fused-ring (bicyclic) bond motifs is 2. The molecule has 4 radical (unpaired) electrons. The molecule has 0 saturated carbocycles. The van der Waals surface area contributed by atoms with Crippen molar-refractivity contribution in [2.24, 2.45) is 5.92 Å². The number of carbonyl (C=O) groups excluding carboxylic acids is 3. The van der Waals surface area contributed by atoms with Gasteiger partial charge in [-0.1, -0.05) is 31.2 Å². The summed E-state index contributed by atoms with van der Waals surface area (Å²) in [5, 5.41) is 10.9. The Morgan fingerprint density at radius 2 is 1.94 bits per heavy atom. The maximum absolute atomic E-state index is 13.6. The fourth-order valence-electron chi connectivity index (χ4n) is 5.20. The normalized spacial score (nSPS) is 24.7. The first-order valence-electron chi connectivity index (χ1n) is 15.2. The number of aromatic nitrogens is 2. The zero-order valence-electron chi connectivity index (χ0n) is 27.2. The molecule has 3 heterocycles. The van der Waals surface area contributed by atoms with Crippen LogP contribution in [-0.2, 0) is 25.5 Å². The first-order chi connectivity index (χ1) is 22.3.